The molecule has 0 unspecified atom stereocenters. The van der Waals surface area contributed by atoms with Gasteiger partial charge < -0.3 is 14.4 Å². The molecular formula is C14H13NO2. The van der Waals surface area contributed by atoms with E-state index in [4.69, 9.17) is 9.47 Å². The van der Waals surface area contributed by atoms with Gasteiger partial charge in [0.05, 0.1) is 5.69 Å². The van der Waals surface area contributed by atoms with Crippen LogP contribution in [-0.2, 0) is 0 Å². The van der Waals surface area contributed by atoms with E-state index in [9.17, 15) is 0 Å². The van der Waals surface area contributed by atoms with Crippen LogP contribution in [0.2, 0.25) is 0 Å². The van der Waals surface area contributed by atoms with Gasteiger partial charge in [0.2, 0.25) is 0 Å². The van der Waals surface area contributed by atoms with E-state index in [1.54, 1.807) is 0 Å². The molecule has 86 valence electrons. The predicted molar refractivity (Wildman–Crippen MR) is 67.4 cm³/mol. The van der Waals surface area contributed by atoms with E-state index in [2.05, 4.69) is 0 Å². The smallest absolute Gasteiger partial charge is 0.193 e. The van der Waals surface area contributed by atoms with Crippen LogP contribution in [0.3, 0.4) is 0 Å². The maximum atomic E-state index is 5.90. The van der Waals surface area contributed by atoms with Crippen molar-refractivity contribution in [3.8, 4) is 23.0 Å². The molecule has 1 heterocycles. The first-order valence-corrected chi connectivity index (χ1v) is 5.51. The van der Waals surface area contributed by atoms with Crippen LogP contribution in [0.4, 0.5) is 5.69 Å². The van der Waals surface area contributed by atoms with Crippen molar-refractivity contribution >= 4 is 5.69 Å². The maximum Gasteiger partial charge on any atom is 0.193 e. The molecule has 0 atom stereocenters. The summed E-state index contributed by atoms with van der Waals surface area (Å²) in [7, 11) is 3.97. The number of benzene rings is 2. The third-order valence-corrected chi connectivity index (χ3v) is 2.72. The average molecular weight is 227 g/mol. The minimum absolute atomic E-state index is 0.759. The second-order valence-corrected chi connectivity index (χ2v) is 4.15. The summed E-state index contributed by atoms with van der Waals surface area (Å²) in [6.07, 6.45) is 0. The molecule has 0 aliphatic carbocycles. The van der Waals surface area contributed by atoms with Gasteiger partial charge in [-0.25, -0.2) is 0 Å². The molecule has 1 aliphatic rings. The van der Waals surface area contributed by atoms with Gasteiger partial charge in [-0.1, -0.05) is 18.2 Å². The Morgan fingerprint density at radius 3 is 2.12 bits per heavy atom. The number of nitrogens with zero attached hydrogens (tertiary/aromatic N) is 1. The van der Waals surface area contributed by atoms with Crippen LogP contribution < -0.4 is 14.4 Å². The molecule has 0 aromatic heterocycles. The Morgan fingerprint density at radius 1 is 0.765 bits per heavy atom. The van der Waals surface area contributed by atoms with Crippen molar-refractivity contribution in [2.75, 3.05) is 19.0 Å². The first-order chi connectivity index (χ1) is 8.25. The molecule has 0 bridgehead atoms. The molecule has 2 aromatic rings. The SMILES string of the molecule is CN(C)c1cccc2c1Oc1ccccc1O2. The molecule has 0 fully saturated rings. The molecule has 0 spiro atoms. The van der Waals surface area contributed by atoms with Crippen molar-refractivity contribution < 1.29 is 9.47 Å². The zero-order chi connectivity index (χ0) is 11.8. The fourth-order valence-corrected chi connectivity index (χ4v) is 1.89. The van der Waals surface area contributed by atoms with E-state index in [1.165, 1.54) is 0 Å². The van der Waals surface area contributed by atoms with Crippen molar-refractivity contribution in [1.29, 1.82) is 0 Å². The van der Waals surface area contributed by atoms with Crippen LogP contribution in [0.1, 0.15) is 0 Å². The molecule has 0 amide bonds. The molecule has 2 aromatic carbocycles. The lowest BCUT2D eigenvalue weighted by molar-refractivity contribution is 0.360. The van der Waals surface area contributed by atoms with Gasteiger partial charge >= 0.3 is 0 Å². The molecule has 3 nitrogen and oxygen atoms in total. The first kappa shape index (κ1) is 10.0. The molecule has 3 heteroatoms. The van der Waals surface area contributed by atoms with Crippen LogP contribution >= 0.6 is 0 Å². The van der Waals surface area contributed by atoms with Crippen LogP contribution in [0.5, 0.6) is 23.0 Å². The number of para-hydroxylation sites is 3. The number of anilines is 1. The lowest BCUT2D eigenvalue weighted by Crippen LogP contribution is -2.11. The molecule has 0 saturated heterocycles. The summed E-state index contributed by atoms with van der Waals surface area (Å²) in [6.45, 7) is 0. The third-order valence-electron chi connectivity index (χ3n) is 2.72. The Hall–Kier alpha value is -2.16. The highest BCUT2D eigenvalue weighted by molar-refractivity contribution is 5.68. The van der Waals surface area contributed by atoms with Crippen LogP contribution in [0.25, 0.3) is 0 Å². The summed E-state index contributed by atoms with van der Waals surface area (Å²) in [5.41, 5.74) is 1.01. The molecule has 0 radical (unpaired) electrons. The number of ether oxygens (including phenoxy) is 2. The monoisotopic (exact) mass is 227 g/mol. The summed E-state index contributed by atoms with van der Waals surface area (Å²) < 4.78 is 11.7. The maximum absolute atomic E-state index is 5.90. The number of fused-ring (bicyclic) bond motifs is 2. The number of hydrogen-bond acceptors (Lipinski definition) is 3. The van der Waals surface area contributed by atoms with Gasteiger partial charge in [0.25, 0.3) is 0 Å². The fourth-order valence-electron chi connectivity index (χ4n) is 1.89. The highest BCUT2D eigenvalue weighted by Gasteiger charge is 2.21. The topological polar surface area (TPSA) is 21.7 Å². The minimum atomic E-state index is 0.759. The van der Waals surface area contributed by atoms with Gasteiger partial charge in [-0.2, -0.15) is 0 Å². The zero-order valence-electron chi connectivity index (χ0n) is 9.81. The number of hydrogen-bond donors (Lipinski definition) is 0. The van der Waals surface area contributed by atoms with E-state index in [1.807, 2.05) is 61.5 Å². The van der Waals surface area contributed by atoms with E-state index in [-0.39, 0.29) is 0 Å². The molecule has 1 aliphatic heterocycles. The first-order valence-electron chi connectivity index (χ1n) is 5.51. The lowest BCUT2D eigenvalue weighted by atomic mass is 10.2. The highest BCUT2D eigenvalue weighted by Crippen LogP contribution is 2.48. The van der Waals surface area contributed by atoms with Crippen LogP contribution in [0.15, 0.2) is 42.5 Å². The van der Waals surface area contributed by atoms with Crippen molar-refractivity contribution in [3.05, 3.63) is 42.5 Å². The molecule has 0 saturated carbocycles. The Balaban J connectivity index is 2.12. The van der Waals surface area contributed by atoms with Crippen molar-refractivity contribution in [1.82, 2.24) is 0 Å². The quantitative estimate of drug-likeness (QED) is 0.633. The van der Waals surface area contributed by atoms with E-state index < -0.39 is 0 Å². The lowest BCUT2D eigenvalue weighted by Gasteiger charge is -2.25. The Bertz CT molecular complexity index is 564. The van der Waals surface area contributed by atoms with Crippen molar-refractivity contribution in [2.45, 2.75) is 0 Å². The zero-order valence-corrected chi connectivity index (χ0v) is 9.81. The molecular weight excluding hydrogens is 214 g/mol. The largest absolute Gasteiger partial charge is 0.449 e. The molecule has 17 heavy (non-hydrogen) atoms. The van der Waals surface area contributed by atoms with E-state index >= 15 is 0 Å². The van der Waals surface area contributed by atoms with Crippen molar-refractivity contribution in [3.63, 3.8) is 0 Å². The molecule has 0 N–H and O–H groups in total. The Labute approximate surface area is 100 Å². The Kier molecular flexibility index (Phi) is 2.18. The van der Waals surface area contributed by atoms with Crippen molar-refractivity contribution in [2.24, 2.45) is 0 Å². The summed E-state index contributed by atoms with van der Waals surface area (Å²) in [4.78, 5) is 2.01. The summed E-state index contributed by atoms with van der Waals surface area (Å²) in [5, 5.41) is 0. The minimum Gasteiger partial charge on any atom is -0.449 e. The summed E-state index contributed by atoms with van der Waals surface area (Å²) in [5.74, 6) is 3.05. The van der Waals surface area contributed by atoms with Gasteiger partial charge in [-0.15, -0.1) is 0 Å². The average Bonchev–Trinajstić information content (AvgIpc) is 2.35. The van der Waals surface area contributed by atoms with Gasteiger partial charge in [-0.05, 0) is 24.3 Å². The standard InChI is InChI=1S/C14H13NO2/c1-15(2)10-6-5-9-13-14(10)17-12-8-4-3-7-11(12)16-13/h3-9H,1-2H3. The highest BCUT2D eigenvalue weighted by atomic mass is 16.6. The number of rotatable bonds is 1. The van der Waals surface area contributed by atoms with E-state index in [0.717, 1.165) is 28.7 Å². The second kappa shape index (κ2) is 3.70. The van der Waals surface area contributed by atoms with Gasteiger partial charge in [0, 0.05) is 14.1 Å². The summed E-state index contributed by atoms with van der Waals surface area (Å²) in [6, 6.07) is 13.6. The van der Waals surface area contributed by atoms with Gasteiger partial charge in [0.15, 0.2) is 23.0 Å². The normalized spacial score (nSPS) is 11.9. The van der Waals surface area contributed by atoms with Crippen LogP contribution in [0, 0.1) is 0 Å². The van der Waals surface area contributed by atoms with Gasteiger partial charge in [-0.3, -0.25) is 0 Å². The third kappa shape index (κ3) is 1.60. The molecule has 3 rings (SSSR count). The Morgan fingerprint density at radius 2 is 1.41 bits per heavy atom. The second-order valence-electron chi connectivity index (χ2n) is 4.15. The fraction of sp³-hybridized carbons (Fsp3) is 0.143. The van der Waals surface area contributed by atoms with Gasteiger partial charge in [0.1, 0.15) is 0 Å². The van der Waals surface area contributed by atoms with E-state index in [0.29, 0.717) is 0 Å². The predicted octanol–water partition coefficient (Wildman–Crippen LogP) is 3.65. The summed E-state index contributed by atoms with van der Waals surface area (Å²) >= 11 is 0. The van der Waals surface area contributed by atoms with Crippen LogP contribution in [-0.4, -0.2) is 14.1 Å².